The molecule has 0 unspecified atom stereocenters. The van der Waals surface area contributed by atoms with Crippen LogP contribution in [0.3, 0.4) is 0 Å². The van der Waals surface area contributed by atoms with Crippen LogP contribution in [0.4, 0.5) is 0 Å². The first-order valence-electron chi connectivity index (χ1n) is 11.2. The van der Waals surface area contributed by atoms with Crippen molar-refractivity contribution in [2.75, 3.05) is 58.9 Å². The largest absolute Gasteiger partial charge is 0.357 e. The molecule has 0 saturated carbocycles. The van der Waals surface area contributed by atoms with Crippen LogP contribution in [0, 0.1) is 0 Å². The van der Waals surface area contributed by atoms with Crippen LogP contribution in [0.2, 0.25) is 0 Å². The number of rotatable bonds is 7. The van der Waals surface area contributed by atoms with E-state index in [2.05, 4.69) is 33.9 Å². The minimum Gasteiger partial charge on any atom is -0.357 e. The van der Waals surface area contributed by atoms with Gasteiger partial charge in [0.15, 0.2) is 5.96 Å². The molecule has 3 heterocycles. The fourth-order valence-electron chi connectivity index (χ4n) is 3.86. The van der Waals surface area contributed by atoms with E-state index >= 15 is 0 Å². The van der Waals surface area contributed by atoms with Gasteiger partial charge in [-0.05, 0) is 32.6 Å². The van der Waals surface area contributed by atoms with Gasteiger partial charge in [0.05, 0.1) is 11.6 Å². The molecule has 0 bridgehead atoms. The molecule has 0 aliphatic carbocycles. The van der Waals surface area contributed by atoms with Crippen molar-refractivity contribution in [3.63, 3.8) is 0 Å². The number of thiazole rings is 1. The molecule has 3 rings (SSSR count). The quantitative estimate of drug-likeness (QED) is 0.322. The van der Waals surface area contributed by atoms with E-state index in [-0.39, 0.29) is 24.0 Å². The molecular weight excluding hydrogens is 511 g/mol. The summed E-state index contributed by atoms with van der Waals surface area (Å²) < 4.78 is 0. The number of hydrogen-bond acceptors (Lipinski definition) is 5. The Hall–Kier alpha value is -0.940. The number of piperidine rings is 1. The Morgan fingerprint density at radius 2 is 1.83 bits per heavy atom. The molecule has 1 aromatic rings. The van der Waals surface area contributed by atoms with Crippen LogP contribution in [-0.2, 0) is 17.6 Å². The number of nitrogens with one attached hydrogen (secondary N) is 1. The van der Waals surface area contributed by atoms with Gasteiger partial charge in [-0.15, -0.1) is 35.3 Å². The first-order valence-corrected chi connectivity index (χ1v) is 12.0. The Balaban J connectivity index is 0.00000320. The van der Waals surface area contributed by atoms with Crippen molar-refractivity contribution in [3.05, 3.63) is 16.1 Å². The van der Waals surface area contributed by atoms with Crippen LogP contribution in [0.5, 0.6) is 0 Å². The summed E-state index contributed by atoms with van der Waals surface area (Å²) in [5, 5.41) is 4.60. The van der Waals surface area contributed by atoms with Crippen LogP contribution >= 0.6 is 35.3 Å². The van der Waals surface area contributed by atoms with E-state index in [0.29, 0.717) is 12.5 Å². The summed E-state index contributed by atoms with van der Waals surface area (Å²) in [6.45, 7) is 12.0. The molecule has 0 aromatic carbocycles. The van der Waals surface area contributed by atoms with Gasteiger partial charge in [-0.25, -0.2) is 4.98 Å². The monoisotopic (exact) mass is 548 g/mol. The summed E-state index contributed by atoms with van der Waals surface area (Å²) in [6, 6.07) is 0. The van der Waals surface area contributed by atoms with Gasteiger partial charge >= 0.3 is 0 Å². The maximum atomic E-state index is 12.5. The number of carbonyl (C=O) groups excluding carboxylic acids is 1. The first-order chi connectivity index (χ1) is 14.2. The third-order valence-electron chi connectivity index (χ3n) is 5.61. The maximum absolute atomic E-state index is 12.5. The van der Waals surface area contributed by atoms with Crippen molar-refractivity contribution in [1.82, 2.24) is 25.0 Å². The maximum Gasteiger partial charge on any atom is 0.236 e. The summed E-state index contributed by atoms with van der Waals surface area (Å²) in [7, 11) is 0. The number of carbonyl (C=O) groups is 1. The Morgan fingerprint density at radius 1 is 1.10 bits per heavy atom. The van der Waals surface area contributed by atoms with Gasteiger partial charge in [0, 0.05) is 69.9 Å². The lowest BCUT2D eigenvalue weighted by Gasteiger charge is -2.37. The van der Waals surface area contributed by atoms with E-state index in [1.165, 1.54) is 16.3 Å². The van der Waals surface area contributed by atoms with Crippen molar-refractivity contribution in [3.8, 4) is 0 Å². The third-order valence-corrected chi connectivity index (χ3v) is 6.81. The highest BCUT2D eigenvalue weighted by Crippen LogP contribution is 2.14. The van der Waals surface area contributed by atoms with Gasteiger partial charge in [-0.2, -0.15) is 0 Å². The molecule has 2 fully saturated rings. The van der Waals surface area contributed by atoms with Crippen molar-refractivity contribution in [2.24, 2.45) is 4.99 Å². The average molecular weight is 549 g/mol. The molecule has 30 heavy (non-hydrogen) atoms. The third kappa shape index (κ3) is 7.64. The van der Waals surface area contributed by atoms with Crippen LogP contribution in [0.25, 0.3) is 0 Å². The Bertz CT molecular complexity index is 668. The molecule has 0 spiro atoms. The smallest absolute Gasteiger partial charge is 0.236 e. The van der Waals surface area contributed by atoms with E-state index in [0.717, 1.165) is 84.0 Å². The van der Waals surface area contributed by atoms with Crippen molar-refractivity contribution in [2.45, 2.75) is 46.0 Å². The molecule has 2 saturated heterocycles. The second-order valence-electron chi connectivity index (χ2n) is 7.76. The molecule has 170 valence electrons. The normalized spacial score (nSPS) is 18.3. The number of amides is 1. The Morgan fingerprint density at radius 3 is 2.47 bits per heavy atom. The van der Waals surface area contributed by atoms with E-state index < -0.39 is 0 Å². The zero-order valence-corrected chi connectivity index (χ0v) is 21.6. The topological polar surface area (TPSA) is 64.1 Å². The number of guanidine groups is 1. The van der Waals surface area contributed by atoms with Gasteiger partial charge < -0.3 is 15.1 Å². The highest BCUT2D eigenvalue weighted by molar-refractivity contribution is 14.0. The van der Waals surface area contributed by atoms with Gasteiger partial charge in [0.1, 0.15) is 0 Å². The lowest BCUT2D eigenvalue weighted by atomic mass is 10.1. The molecule has 1 N–H and O–H groups in total. The molecule has 9 heteroatoms. The summed E-state index contributed by atoms with van der Waals surface area (Å²) in [5.41, 5.74) is 0. The second kappa shape index (κ2) is 13.5. The number of hydrogen-bond donors (Lipinski definition) is 1. The highest BCUT2D eigenvalue weighted by atomic mass is 127. The molecule has 2 aliphatic rings. The predicted octanol–water partition coefficient (Wildman–Crippen LogP) is 2.46. The number of aromatic nitrogens is 1. The summed E-state index contributed by atoms with van der Waals surface area (Å²) in [5.74, 6) is 1.29. The molecule has 1 aromatic heterocycles. The fraction of sp³-hybridized carbons (Fsp3) is 0.762. The standard InChI is InChI=1S/C21H36N6OS.HI/c1-3-18-16-24-19(29-18)8-9-23-21(22-4-2)27-14-12-25(13-15-27)17-20(28)26-10-6-5-7-11-26;/h16H,3-15,17H2,1-2H3,(H,22,23);1H. The van der Waals surface area contributed by atoms with Crippen LogP contribution in [0.1, 0.15) is 43.0 Å². The zero-order chi connectivity index (χ0) is 20.5. The lowest BCUT2D eigenvalue weighted by Crippen LogP contribution is -2.54. The minimum atomic E-state index is 0. The second-order valence-corrected chi connectivity index (χ2v) is 8.96. The Kier molecular flexibility index (Phi) is 11.4. The van der Waals surface area contributed by atoms with E-state index in [1.807, 2.05) is 11.1 Å². The van der Waals surface area contributed by atoms with Gasteiger partial charge in [-0.3, -0.25) is 14.7 Å². The zero-order valence-electron chi connectivity index (χ0n) is 18.4. The average Bonchev–Trinajstić information content (AvgIpc) is 3.22. The summed E-state index contributed by atoms with van der Waals surface area (Å²) in [4.78, 5) is 29.8. The number of likely N-dealkylation sites (tertiary alicyclic amines) is 1. The molecule has 0 radical (unpaired) electrons. The van der Waals surface area contributed by atoms with Crippen molar-refractivity contribution < 1.29 is 4.79 Å². The van der Waals surface area contributed by atoms with Crippen LogP contribution in [0.15, 0.2) is 11.2 Å². The first kappa shape index (κ1) is 25.3. The summed E-state index contributed by atoms with van der Waals surface area (Å²) >= 11 is 1.79. The van der Waals surface area contributed by atoms with E-state index in [1.54, 1.807) is 11.3 Å². The highest BCUT2D eigenvalue weighted by Gasteiger charge is 2.24. The molecule has 7 nitrogen and oxygen atoms in total. The minimum absolute atomic E-state index is 0. The predicted molar refractivity (Wildman–Crippen MR) is 135 cm³/mol. The molecular formula is C21H37IN6OS. The fourth-order valence-corrected chi connectivity index (χ4v) is 4.71. The van der Waals surface area contributed by atoms with E-state index in [4.69, 9.17) is 4.99 Å². The summed E-state index contributed by atoms with van der Waals surface area (Å²) in [6.07, 6.45) is 7.50. The van der Waals surface area contributed by atoms with Crippen molar-refractivity contribution >= 4 is 47.2 Å². The van der Waals surface area contributed by atoms with Gasteiger partial charge in [0.25, 0.3) is 0 Å². The van der Waals surface area contributed by atoms with E-state index in [9.17, 15) is 4.79 Å². The lowest BCUT2D eigenvalue weighted by molar-refractivity contribution is -0.133. The van der Waals surface area contributed by atoms with Crippen LogP contribution in [-0.4, -0.2) is 90.5 Å². The number of nitrogens with zero attached hydrogens (tertiary/aromatic N) is 5. The van der Waals surface area contributed by atoms with Crippen LogP contribution < -0.4 is 5.32 Å². The number of aliphatic imine (C=N–C) groups is 1. The SMILES string of the molecule is CCNC(=NCCc1ncc(CC)s1)N1CCN(CC(=O)N2CCCCC2)CC1.I. The molecule has 1 amide bonds. The van der Waals surface area contributed by atoms with Gasteiger partial charge in [0.2, 0.25) is 5.91 Å². The van der Waals surface area contributed by atoms with Crippen molar-refractivity contribution in [1.29, 1.82) is 0 Å². The number of aryl methyl sites for hydroxylation is 1. The molecule has 2 aliphatic heterocycles. The number of piperazine rings is 1. The number of halogens is 1. The Labute approximate surface area is 202 Å². The molecule has 0 atom stereocenters. The van der Waals surface area contributed by atoms with Gasteiger partial charge in [-0.1, -0.05) is 6.92 Å².